The highest BCUT2D eigenvalue weighted by atomic mass is 16.3. The number of hydrogen-bond donors (Lipinski definition) is 1. The summed E-state index contributed by atoms with van der Waals surface area (Å²) in [7, 11) is 0. The van der Waals surface area contributed by atoms with Gasteiger partial charge in [-0.15, -0.1) is 0 Å². The highest BCUT2D eigenvalue weighted by Gasteiger charge is 2.26. The number of nitrogens with two attached hydrogens (primary N) is 1. The molecule has 8 nitrogen and oxygen atoms in total. The van der Waals surface area contributed by atoms with E-state index in [1.54, 1.807) is 0 Å². The zero-order valence-electron chi connectivity index (χ0n) is 57.8. The van der Waals surface area contributed by atoms with Crippen LogP contribution >= 0.6 is 0 Å². The van der Waals surface area contributed by atoms with Crippen molar-refractivity contribution in [3.8, 4) is 89.4 Å². The van der Waals surface area contributed by atoms with E-state index >= 15 is 0 Å². The minimum Gasteiger partial charge on any atom is -0.438 e. The van der Waals surface area contributed by atoms with Crippen LogP contribution in [0.4, 0.5) is 0 Å². The Hall–Kier alpha value is -13.4. The van der Waals surface area contributed by atoms with Gasteiger partial charge in [-0.3, -0.25) is 8.80 Å². The lowest BCUT2D eigenvalue weighted by molar-refractivity contribution is 0.624. The molecule has 5 aromatic heterocycles. The summed E-state index contributed by atoms with van der Waals surface area (Å²) in [6.07, 6.45) is 7.57. The van der Waals surface area contributed by atoms with Gasteiger partial charge < -0.3 is 14.6 Å². The molecule has 0 saturated heterocycles. The lowest BCUT2D eigenvalue weighted by atomic mass is 9.83. The van der Waals surface area contributed by atoms with Gasteiger partial charge in [0.2, 0.25) is 11.4 Å². The van der Waals surface area contributed by atoms with Gasteiger partial charge in [-0.1, -0.05) is 298 Å². The molecule has 0 amide bonds. The fourth-order valence-electron chi connectivity index (χ4n) is 15.7. The lowest BCUT2D eigenvalue weighted by Crippen LogP contribution is -2.13. The molecule has 2 atom stereocenters. The van der Waals surface area contributed by atoms with Crippen molar-refractivity contribution in [2.75, 3.05) is 0 Å². The Kier molecular flexibility index (Phi) is 15.8. The monoisotopic (exact) mass is 1350 g/mol. The van der Waals surface area contributed by atoms with E-state index in [0.717, 1.165) is 164 Å². The molecule has 0 radical (unpaired) electrons. The van der Waals surface area contributed by atoms with Gasteiger partial charge in [-0.05, 0) is 158 Å². The molecule has 18 aromatic rings. The van der Waals surface area contributed by atoms with E-state index in [2.05, 4.69) is 349 Å². The molecule has 13 aromatic carbocycles. The molecule has 2 N–H and O–H groups in total. The number of para-hydroxylation sites is 3. The standard InChI is InChI=1S/C97H70N6O2/c1-62(63-33-35-68(36-34-63)64-19-6-2-7-20-64)57-83(99-94(98)75-49-39-70(40-50-75)66-23-10-4-11-24-66)72-45-47-74(48-46-72)92-81-29-14-15-30-86(81)102-89-56-54-78(60-91(89)105-96(92)102)77-53-55-87-82(59-77)93(97-103(87)88-31-16-17-32-90(88)104-97)80-28-18-27-79(58-80)85-61-84(73-43-37-69(38-44-73)65-21-8-3-9-22-65)100-95(101-85)76-51-41-71(42-52-76)67-25-12-5-13-26-67/h2-36,39-43,45-62,69H,37-38,44H2,1H3,(H2,98,99)/b83-57-. The van der Waals surface area contributed by atoms with Crippen molar-refractivity contribution >= 4 is 72.5 Å². The van der Waals surface area contributed by atoms with Gasteiger partial charge in [0.1, 0.15) is 5.84 Å². The third-order valence-electron chi connectivity index (χ3n) is 21.2. The minimum atomic E-state index is 0.0175. The number of aliphatic imine (C=N–C) groups is 1. The minimum absolute atomic E-state index is 0.0175. The largest absolute Gasteiger partial charge is 0.438 e. The van der Waals surface area contributed by atoms with Crippen LogP contribution in [-0.4, -0.2) is 24.6 Å². The maximum Gasteiger partial charge on any atom is 0.213 e. The number of amidine groups is 1. The molecule has 0 aliphatic heterocycles. The third kappa shape index (κ3) is 11.7. The smallest absolute Gasteiger partial charge is 0.213 e. The van der Waals surface area contributed by atoms with Crippen LogP contribution in [0.1, 0.15) is 66.0 Å². The summed E-state index contributed by atoms with van der Waals surface area (Å²) < 4.78 is 18.7. The number of aromatic nitrogens is 4. The average molecular weight is 1350 g/mol. The Bertz CT molecular complexity index is 6400. The van der Waals surface area contributed by atoms with Crippen LogP contribution in [0.3, 0.4) is 0 Å². The van der Waals surface area contributed by atoms with Crippen molar-refractivity contribution in [1.82, 2.24) is 18.8 Å². The van der Waals surface area contributed by atoms with Crippen molar-refractivity contribution in [3.63, 3.8) is 0 Å². The molecule has 0 saturated carbocycles. The number of hydrogen-bond acceptors (Lipinski definition) is 5. The second kappa shape index (κ2) is 26.5. The molecular weight excluding hydrogens is 1280 g/mol. The number of nitrogens with zero attached hydrogens (tertiary/aromatic N) is 5. The molecule has 0 spiro atoms. The van der Waals surface area contributed by atoms with Gasteiger partial charge in [-0.2, -0.15) is 0 Å². The molecule has 0 fully saturated rings. The maximum absolute atomic E-state index is 7.17. The number of benzene rings is 13. The first-order valence-corrected chi connectivity index (χ1v) is 36.1. The van der Waals surface area contributed by atoms with E-state index in [4.69, 9.17) is 29.5 Å². The van der Waals surface area contributed by atoms with Crippen LogP contribution in [0.25, 0.3) is 156 Å². The van der Waals surface area contributed by atoms with Crippen LogP contribution in [0.2, 0.25) is 0 Å². The predicted molar refractivity (Wildman–Crippen MR) is 433 cm³/mol. The normalized spacial score (nSPS) is 13.9. The molecule has 105 heavy (non-hydrogen) atoms. The van der Waals surface area contributed by atoms with Gasteiger partial charge >= 0.3 is 0 Å². The van der Waals surface area contributed by atoms with E-state index < -0.39 is 0 Å². The second-order valence-corrected chi connectivity index (χ2v) is 27.6. The Morgan fingerprint density at radius 2 is 0.895 bits per heavy atom. The van der Waals surface area contributed by atoms with Crippen molar-refractivity contribution in [3.05, 3.63) is 374 Å². The van der Waals surface area contributed by atoms with Crippen LogP contribution in [0.15, 0.2) is 360 Å². The van der Waals surface area contributed by atoms with Crippen molar-refractivity contribution < 1.29 is 8.83 Å². The van der Waals surface area contributed by atoms with Crippen LogP contribution < -0.4 is 5.73 Å². The van der Waals surface area contributed by atoms with Crippen molar-refractivity contribution in [1.29, 1.82) is 0 Å². The van der Waals surface area contributed by atoms with Crippen LogP contribution in [0.5, 0.6) is 0 Å². The number of fused-ring (bicyclic) bond motifs is 10. The van der Waals surface area contributed by atoms with E-state index in [1.165, 1.54) is 33.4 Å². The van der Waals surface area contributed by atoms with E-state index in [-0.39, 0.29) is 5.92 Å². The molecule has 19 rings (SSSR count). The average Bonchev–Trinajstić information content (AvgIpc) is 1.57. The van der Waals surface area contributed by atoms with Gasteiger partial charge in [0.05, 0.1) is 50.3 Å². The molecular formula is C97H70N6O2. The van der Waals surface area contributed by atoms with Crippen molar-refractivity contribution in [2.24, 2.45) is 10.7 Å². The van der Waals surface area contributed by atoms with Gasteiger partial charge in [-0.25, -0.2) is 15.0 Å². The lowest BCUT2D eigenvalue weighted by Gasteiger charge is -2.22. The summed E-state index contributed by atoms with van der Waals surface area (Å²) in [5.41, 5.74) is 37.5. The summed E-state index contributed by atoms with van der Waals surface area (Å²) in [5, 5.41) is 2.16. The summed E-state index contributed by atoms with van der Waals surface area (Å²) in [6.45, 7) is 2.22. The SMILES string of the molecule is CC(/C=C(\N=C(N)c1ccc(-c2ccccc2)cc1)c1ccc(-c2c3ccccc3n3c2oc2cc(-c4ccc5c(c4)c(-c4cccc(-c6cc(C7=CCC(c8ccccc8)CC7)nc(-c7ccc(-c8ccccc8)cc7)n6)c4)c4oc6ccccc6n45)ccc23)cc1)c1ccc(-c2ccccc2)cc1. The predicted octanol–water partition coefficient (Wildman–Crippen LogP) is 25.0. The molecule has 500 valence electrons. The van der Waals surface area contributed by atoms with Gasteiger partial charge in [0.15, 0.2) is 17.0 Å². The molecule has 1 aliphatic rings. The highest BCUT2D eigenvalue weighted by Crippen LogP contribution is 2.46. The van der Waals surface area contributed by atoms with Gasteiger partial charge in [0, 0.05) is 33.4 Å². The number of oxazole rings is 2. The summed E-state index contributed by atoms with van der Waals surface area (Å²) in [4.78, 5) is 16.0. The Morgan fingerprint density at radius 3 is 1.56 bits per heavy atom. The first-order chi connectivity index (χ1) is 51.8. The van der Waals surface area contributed by atoms with E-state index in [9.17, 15) is 0 Å². The summed E-state index contributed by atoms with van der Waals surface area (Å²) in [5.74, 6) is 1.63. The van der Waals surface area contributed by atoms with E-state index in [0.29, 0.717) is 17.6 Å². The van der Waals surface area contributed by atoms with Crippen LogP contribution in [-0.2, 0) is 0 Å². The molecule has 8 heteroatoms. The quantitative estimate of drug-likeness (QED) is 0.0814. The third-order valence-corrected chi connectivity index (χ3v) is 21.2. The first-order valence-electron chi connectivity index (χ1n) is 36.1. The van der Waals surface area contributed by atoms with Crippen molar-refractivity contribution in [2.45, 2.75) is 38.0 Å². The first kappa shape index (κ1) is 62.6. The Morgan fingerprint density at radius 1 is 0.410 bits per heavy atom. The summed E-state index contributed by atoms with van der Waals surface area (Å²) in [6, 6.07) is 118. The molecule has 5 heterocycles. The topological polar surface area (TPSA) is 99.3 Å². The molecule has 2 unspecified atom stereocenters. The molecule has 1 aliphatic carbocycles. The fraction of sp³-hybridized carbons (Fsp3) is 0.0619. The Balaban J connectivity index is 0.682. The van der Waals surface area contributed by atoms with E-state index in [1.807, 2.05) is 12.1 Å². The number of rotatable bonds is 15. The Labute approximate surface area is 608 Å². The maximum atomic E-state index is 7.17. The zero-order valence-corrected chi connectivity index (χ0v) is 57.8. The zero-order chi connectivity index (χ0) is 69.9. The highest BCUT2D eigenvalue weighted by molar-refractivity contribution is 6.10. The van der Waals surface area contributed by atoms with Gasteiger partial charge in [0.25, 0.3) is 0 Å². The number of allylic oxidation sites excluding steroid dienone is 3. The summed E-state index contributed by atoms with van der Waals surface area (Å²) >= 11 is 0. The second-order valence-electron chi connectivity index (χ2n) is 27.6. The van der Waals surface area contributed by atoms with Crippen LogP contribution in [0, 0.1) is 0 Å². The molecule has 0 bridgehead atoms. The fourth-order valence-corrected chi connectivity index (χ4v) is 15.7.